The van der Waals surface area contributed by atoms with Crippen LogP contribution in [0.4, 0.5) is 5.69 Å². The molecule has 0 saturated carbocycles. The molecule has 4 heteroatoms. The summed E-state index contributed by atoms with van der Waals surface area (Å²) < 4.78 is 0. The highest BCUT2D eigenvalue weighted by atomic mass is 35.5. The van der Waals surface area contributed by atoms with E-state index in [-0.39, 0.29) is 0 Å². The zero-order chi connectivity index (χ0) is 11.4. The molecule has 0 bridgehead atoms. The largest absolute Gasteiger partial charge is 0.389 e. The van der Waals surface area contributed by atoms with E-state index >= 15 is 0 Å². The fourth-order valence-corrected chi connectivity index (χ4v) is 1.81. The van der Waals surface area contributed by atoms with Crippen molar-refractivity contribution < 1.29 is 0 Å². The first-order valence-corrected chi connectivity index (χ1v) is 5.69. The molecule has 0 heterocycles. The number of benzene rings is 1. The third-order valence-electron chi connectivity index (χ3n) is 2.27. The van der Waals surface area contributed by atoms with Gasteiger partial charge in [0, 0.05) is 11.7 Å². The molecule has 0 aliphatic rings. The topological polar surface area (TPSA) is 38.0 Å². The second-order valence-electron chi connectivity index (χ2n) is 3.48. The maximum atomic E-state index is 6.04. The number of hydrogen-bond donors (Lipinski definition) is 2. The number of rotatable bonds is 4. The summed E-state index contributed by atoms with van der Waals surface area (Å²) in [4.78, 5) is 0.325. The van der Waals surface area contributed by atoms with Crippen LogP contribution in [0.1, 0.15) is 25.8 Å². The van der Waals surface area contributed by atoms with Crippen LogP contribution in [0.25, 0.3) is 0 Å². The molecule has 0 aliphatic carbocycles. The van der Waals surface area contributed by atoms with Gasteiger partial charge in [-0.1, -0.05) is 36.8 Å². The maximum absolute atomic E-state index is 6.04. The summed E-state index contributed by atoms with van der Waals surface area (Å²) in [5, 5.41) is 3.92. The third-order valence-corrected chi connectivity index (χ3v) is 2.79. The van der Waals surface area contributed by atoms with Crippen molar-refractivity contribution in [3.05, 3.63) is 28.8 Å². The van der Waals surface area contributed by atoms with Gasteiger partial charge >= 0.3 is 0 Å². The summed E-state index contributed by atoms with van der Waals surface area (Å²) in [6.45, 7) is 4.22. The van der Waals surface area contributed by atoms with E-state index in [9.17, 15) is 0 Å². The summed E-state index contributed by atoms with van der Waals surface area (Å²) in [6, 6.07) is 5.98. The minimum Gasteiger partial charge on any atom is -0.389 e. The summed E-state index contributed by atoms with van der Waals surface area (Å²) >= 11 is 11.0. The highest BCUT2D eigenvalue weighted by Gasteiger charge is 2.10. The normalized spacial score (nSPS) is 12.2. The second kappa shape index (κ2) is 5.33. The van der Waals surface area contributed by atoms with Crippen molar-refractivity contribution in [3.63, 3.8) is 0 Å². The average molecular weight is 243 g/mol. The van der Waals surface area contributed by atoms with Crippen LogP contribution in [-0.4, -0.2) is 11.0 Å². The molecular formula is C11H15ClN2S. The molecule has 2 nitrogen and oxygen atoms in total. The zero-order valence-corrected chi connectivity index (χ0v) is 10.5. The molecule has 0 fully saturated rings. The molecular weight excluding hydrogens is 228 g/mol. The van der Waals surface area contributed by atoms with Gasteiger partial charge in [0.05, 0.1) is 10.6 Å². The summed E-state index contributed by atoms with van der Waals surface area (Å²) in [5.41, 5.74) is 7.28. The predicted molar refractivity (Wildman–Crippen MR) is 70.7 cm³/mol. The lowest BCUT2D eigenvalue weighted by molar-refractivity contribution is 0.764. The van der Waals surface area contributed by atoms with Crippen LogP contribution < -0.4 is 11.1 Å². The van der Waals surface area contributed by atoms with Crippen molar-refractivity contribution in [1.29, 1.82) is 0 Å². The monoisotopic (exact) mass is 242 g/mol. The molecule has 3 N–H and O–H groups in total. The lowest BCUT2D eigenvalue weighted by Gasteiger charge is -2.16. The van der Waals surface area contributed by atoms with Crippen molar-refractivity contribution in [2.24, 2.45) is 5.73 Å². The standard InChI is InChI=1S/C11H15ClN2S/c1-3-7(2)14-9-6-4-5-8(12)10(9)11(13)15/h4-7,14H,3H2,1-2H3,(H2,13,15). The average Bonchev–Trinajstić information content (AvgIpc) is 2.17. The Kier molecular flexibility index (Phi) is 4.36. The van der Waals surface area contributed by atoms with Gasteiger partial charge in [-0.15, -0.1) is 0 Å². The van der Waals surface area contributed by atoms with Crippen LogP contribution in [0.2, 0.25) is 5.02 Å². The summed E-state index contributed by atoms with van der Waals surface area (Å²) in [6.07, 6.45) is 1.03. The molecule has 1 rings (SSSR count). The lowest BCUT2D eigenvalue weighted by atomic mass is 10.1. The Bertz CT molecular complexity index is 366. The Hall–Kier alpha value is -0.800. The first-order chi connectivity index (χ1) is 7.06. The number of anilines is 1. The van der Waals surface area contributed by atoms with Crippen LogP contribution in [0.15, 0.2) is 18.2 Å². The zero-order valence-electron chi connectivity index (χ0n) is 8.88. The molecule has 82 valence electrons. The fraction of sp³-hybridized carbons (Fsp3) is 0.364. The Morgan fingerprint density at radius 1 is 1.60 bits per heavy atom. The highest BCUT2D eigenvalue weighted by molar-refractivity contribution is 7.80. The molecule has 1 aromatic carbocycles. The molecule has 0 amide bonds. The van der Waals surface area contributed by atoms with E-state index in [0.717, 1.165) is 17.7 Å². The summed E-state index contributed by atoms with van der Waals surface area (Å²) in [5.74, 6) is 0. The van der Waals surface area contributed by atoms with Gasteiger partial charge < -0.3 is 11.1 Å². The van der Waals surface area contributed by atoms with E-state index in [0.29, 0.717) is 16.1 Å². The number of thiocarbonyl (C=S) groups is 1. The fourth-order valence-electron chi connectivity index (χ4n) is 1.26. The van der Waals surface area contributed by atoms with Crippen LogP contribution in [-0.2, 0) is 0 Å². The van der Waals surface area contributed by atoms with Gasteiger partial charge in [0.2, 0.25) is 0 Å². The predicted octanol–water partition coefficient (Wildman–Crippen LogP) is 3.18. The van der Waals surface area contributed by atoms with Crippen molar-refractivity contribution >= 4 is 34.5 Å². The van der Waals surface area contributed by atoms with Crippen molar-refractivity contribution in [1.82, 2.24) is 0 Å². The van der Waals surface area contributed by atoms with Crippen molar-refractivity contribution in [2.45, 2.75) is 26.3 Å². The second-order valence-corrected chi connectivity index (χ2v) is 4.33. The first-order valence-electron chi connectivity index (χ1n) is 4.91. The van der Waals surface area contributed by atoms with Gasteiger partial charge in [0.25, 0.3) is 0 Å². The third kappa shape index (κ3) is 3.08. The van der Waals surface area contributed by atoms with Gasteiger partial charge in [0.1, 0.15) is 4.99 Å². The molecule has 0 aromatic heterocycles. The smallest absolute Gasteiger partial charge is 0.107 e. The van der Waals surface area contributed by atoms with Gasteiger partial charge in [0.15, 0.2) is 0 Å². The van der Waals surface area contributed by atoms with E-state index in [4.69, 9.17) is 29.6 Å². The lowest BCUT2D eigenvalue weighted by Crippen LogP contribution is -2.19. The van der Waals surface area contributed by atoms with E-state index in [1.807, 2.05) is 12.1 Å². The minimum atomic E-state index is 0.325. The molecule has 15 heavy (non-hydrogen) atoms. The van der Waals surface area contributed by atoms with Crippen LogP contribution in [0.3, 0.4) is 0 Å². The Morgan fingerprint density at radius 3 is 2.80 bits per heavy atom. The van der Waals surface area contributed by atoms with Crippen LogP contribution >= 0.6 is 23.8 Å². The first kappa shape index (κ1) is 12.3. The van der Waals surface area contributed by atoms with Gasteiger partial charge in [-0.2, -0.15) is 0 Å². The molecule has 0 radical (unpaired) electrons. The number of nitrogens with two attached hydrogens (primary N) is 1. The van der Waals surface area contributed by atoms with Gasteiger partial charge in [-0.25, -0.2) is 0 Å². The number of halogens is 1. The maximum Gasteiger partial charge on any atom is 0.107 e. The van der Waals surface area contributed by atoms with E-state index < -0.39 is 0 Å². The number of nitrogens with one attached hydrogen (secondary N) is 1. The van der Waals surface area contributed by atoms with Crippen molar-refractivity contribution in [2.75, 3.05) is 5.32 Å². The molecule has 1 atom stereocenters. The summed E-state index contributed by atoms with van der Waals surface area (Å²) in [7, 11) is 0. The molecule has 1 unspecified atom stereocenters. The van der Waals surface area contributed by atoms with Gasteiger partial charge in [-0.3, -0.25) is 0 Å². The highest BCUT2D eigenvalue weighted by Crippen LogP contribution is 2.25. The quantitative estimate of drug-likeness (QED) is 0.797. The van der Waals surface area contributed by atoms with E-state index in [1.165, 1.54) is 0 Å². The number of hydrogen-bond acceptors (Lipinski definition) is 2. The Morgan fingerprint density at radius 2 is 2.27 bits per heavy atom. The molecule has 0 saturated heterocycles. The molecule has 0 aliphatic heterocycles. The Balaban J connectivity index is 3.06. The molecule has 1 aromatic rings. The molecule has 0 spiro atoms. The minimum absolute atomic E-state index is 0.325. The SMILES string of the molecule is CCC(C)Nc1cccc(Cl)c1C(N)=S. The van der Waals surface area contributed by atoms with E-state index in [2.05, 4.69) is 19.2 Å². The van der Waals surface area contributed by atoms with Crippen LogP contribution in [0.5, 0.6) is 0 Å². The van der Waals surface area contributed by atoms with E-state index in [1.54, 1.807) is 6.07 Å². The van der Waals surface area contributed by atoms with Crippen molar-refractivity contribution in [3.8, 4) is 0 Å². The van der Waals surface area contributed by atoms with Crippen LogP contribution in [0, 0.1) is 0 Å². The Labute approximate surface area is 101 Å². The van der Waals surface area contributed by atoms with Gasteiger partial charge in [-0.05, 0) is 25.5 Å².